The summed E-state index contributed by atoms with van der Waals surface area (Å²) < 4.78 is 5.48. The minimum absolute atomic E-state index is 0.00505. The van der Waals surface area contributed by atoms with E-state index in [1.807, 2.05) is 0 Å². The van der Waals surface area contributed by atoms with Crippen LogP contribution < -0.4 is 10.1 Å². The number of hydrogen-bond acceptors (Lipinski definition) is 2. The minimum atomic E-state index is 0.00505. The maximum atomic E-state index is 10.9. The summed E-state index contributed by atoms with van der Waals surface area (Å²) in [5, 5.41) is 2.81. The predicted molar refractivity (Wildman–Crippen MR) is 69.6 cm³/mol. The predicted octanol–water partition coefficient (Wildman–Crippen LogP) is 2.30. The van der Waals surface area contributed by atoms with Gasteiger partial charge in [0, 0.05) is 13.5 Å². The number of nitrogens with one attached hydrogen (secondary N) is 1. The maximum absolute atomic E-state index is 10.9. The molecule has 0 unspecified atom stereocenters. The summed E-state index contributed by atoms with van der Waals surface area (Å²) in [7, 11) is 1.70. The van der Waals surface area contributed by atoms with Crippen molar-refractivity contribution in [1.29, 1.82) is 0 Å². The Morgan fingerprint density at radius 2 is 1.94 bits per heavy atom. The van der Waals surface area contributed by atoms with Crippen molar-refractivity contribution in [1.82, 2.24) is 5.32 Å². The molecule has 1 N–H and O–H groups in total. The molecular formula is C14H21NO2. The Bertz CT molecular complexity index is 425. The third-order valence-corrected chi connectivity index (χ3v) is 3.07. The van der Waals surface area contributed by atoms with Crippen molar-refractivity contribution >= 4 is 5.91 Å². The lowest BCUT2D eigenvalue weighted by molar-refractivity contribution is -0.118. The van der Waals surface area contributed by atoms with Crippen LogP contribution in [0.15, 0.2) is 6.07 Å². The third-order valence-electron chi connectivity index (χ3n) is 3.07. The van der Waals surface area contributed by atoms with Crippen molar-refractivity contribution in [2.45, 2.75) is 34.1 Å². The Kier molecular flexibility index (Phi) is 4.55. The summed E-state index contributed by atoms with van der Waals surface area (Å²) in [5.74, 6) is 0.957. The van der Waals surface area contributed by atoms with Gasteiger partial charge in [-0.1, -0.05) is 6.07 Å². The van der Waals surface area contributed by atoms with Crippen LogP contribution in [0.2, 0.25) is 0 Å². The minimum Gasteiger partial charge on any atom is -0.496 e. The number of ether oxygens (including phenoxy) is 1. The highest BCUT2D eigenvalue weighted by Crippen LogP contribution is 2.29. The van der Waals surface area contributed by atoms with Gasteiger partial charge in [-0.05, 0) is 49.4 Å². The Hall–Kier alpha value is -1.51. The number of benzene rings is 1. The fourth-order valence-electron chi connectivity index (χ4n) is 2.06. The van der Waals surface area contributed by atoms with Crippen molar-refractivity contribution in [2.24, 2.45) is 0 Å². The lowest BCUT2D eigenvalue weighted by Gasteiger charge is -2.16. The van der Waals surface area contributed by atoms with Crippen molar-refractivity contribution in [2.75, 3.05) is 13.7 Å². The van der Waals surface area contributed by atoms with Gasteiger partial charge in [0.2, 0.25) is 5.91 Å². The summed E-state index contributed by atoms with van der Waals surface area (Å²) in [6, 6.07) is 2.17. The molecule has 0 aliphatic heterocycles. The summed E-state index contributed by atoms with van der Waals surface area (Å²) >= 11 is 0. The molecule has 0 aliphatic carbocycles. The fourth-order valence-corrected chi connectivity index (χ4v) is 2.06. The number of amides is 1. The van der Waals surface area contributed by atoms with E-state index in [1.54, 1.807) is 7.11 Å². The van der Waals surface area contributed by atoms with Crippen LogP contribution >= 0.6 is 0 Å². The topological polar surface area (TPSA) is 38.3 Å². The smallest absolute Gasteiger partial charge is 0.216 e. The summed E-state index contributed by atoms with van der Waals surface area (Å²) in [4.78, 5) is 10.9. The highest BCUT2D eigenvalue weighted by molar-refractivity contribution is 5.72. The molecule has 0 saturated carbocycles. The van der Waals surface area contributed by atoms with Gasteiger partial charge in [-0.3, -0.25) is 4.79 Å². The normalized spacial score (nSPS) is 10.2. The molecule has 1 rings (SSSR count). The van der Waals surface area contributed by atoms with E-state index in [9.17, 15) is 4.79 Å². The van der Waals surface area contributed by atoms with Gasteiger partial charge in [0.15, 0.2) is 0 Å². The molecule has 1 aromatic rings. The largest absolute Gasteiger partial charge is 0.496 e. The zero-order chi connectivity index (χ0) is 13.0. The van der Waals surface area contributed by atoms with Crippen molar-refractivity contribution in [3.8, 4) is 5.75 Å². The molecule has 0 heterocycles. The van der Waals surface area contributed by atoms with E-state index in [2.05, 4.69) is 32.2 Å². The first-order valence-corrected chi connectivity index (χ1v) is 5.85. The van der Waals surface area contributed by atoms with Crippen LogP contribution in [0.4, 0.5) is 0 Å². The zero-order valence-corrected chi connectivity index (χ0v) is 11.3. The molecular weight excluding hydrogens is 214 g/mol. The average molecular weight is 235 g/mol. The second-order valence-electron chi connectivity index (χ2n) is 4.38. The molecule has 0 saturated heterocycles. The second-order valence-corrected chi connectivity index (χ2v) is 4.38. The van der Waals surface area contributed by atoms with Crippen molar-refractivity contribution in [3.05, 3.63) is 28.3 Å². The zero-order valence-electron chi connectivity index (χ0n) is 11.3. The first kappa shape index (κ1) is 13.6. The molecule has 0 bridgehead atoms. The second kappa shape index (κ2) is 5.71. The van der Waals surface area contributed by atoms with E-state index >= 15 is 0 Å². The molecule has 0 atom stereocenters. The van der Waals surface area contributed by atoms with E-state index in [-0.39, 0.29) is 5.91 Å². The number of carbonyl (C=O) groups is 1. The first-order chi connectivity index (χ1) is 7.97. The van der Waals surface area contributed by atoms with Crippen LogP contribution in [-0.2, 0) is 11.2 Å². The molecule has 0 aliphatic rings. The quantitative estimate of drug-likeness (QED) is 0.869. The molecule has 1 aromatic carbocycles. The molecule has 0 fully saturated rings. The fraction of sp³-hybridized carbons (Fsp3) is 0.500. The van der Waals surface area contributed by atoms with Crippen LogP contribution in [0.5, 0.6) is 5.75 Å². The lowest BCUT2D eigenvalue weighted by atomic mass is 9.97. The Morgan fingerprint density at radius 3 is 2.47 bits per heavy atom. The van der Waals surface area contributed by atoms with Crippen LogP contribution in [0.3, 0.4) is 0 Å². The van der Waals surface area contributed by atoms with Gasteiger partial charge >= 0.3 is 0 Å². The van der Waals surface area contributed by atoms with E-state index in [0.29, 0.717) is 6.54 Å². The highest BCUT2D eigenvalue weighted by atomic mass is 16.5. The molecule has 0 spiro atoms. The number of carbonyl (C=O) groups excluding carboxylic acids is 1. The molecule has 17 heavy (non-hydrogen) atoms. The summed E-state index contributed by atoms with van der Waals surface area (Å²) in [6.45, 7) is 8.41. The summed E-state index contributed by atoms with van der Waals surface area (Å²) in [5.41, 5.74) is 4.82. The van der Waals surface area contributed by atoms with Crippen molar-refractivity contribution < 1.29 is 9.53 Å². The average Bonchev–Trinajstić information content (AvgIpc) is 2.25. The molecule has 0 radical (unpaired) electrons. The van der Waals surface area contributed by atoms with Gasteiger partial charge in [-0.25, -0.2) is 0 Å². The lowest BCUT2D eigenvalue weighted by Crippen LogP contribution is -2.23. The first-order valence-electron chi connectivity index (χ1n) is 5.85. The van der Waals surface area contributed by atoms with Crippen LogP contribution in [0, 0.1) is 20.8 Å². The Morgan fingerprint density at radius 1 is 1.29 bits per heavy atom. The monoisotopic (exact) mass is 235 g/mol. The molecule has 94 valence electrons. The van der Waals surface area contributed by atoms with E-state index in [1.165, 1.54) is 29.2 Å². The van der Waals surface area contributed by atoms with Crippen LogP contribution in [-0.4, -0.2) is 19.6 Å². The number of methoxy groups -OCH3 is 1. The Labute approximate surface area is 103 Å². The van der Waals surface area contributed by atoms with E-state index < -0.39 is 0 Å². The van der Waals surface area contributed by atoms with Gasteiger partial charge in [-0.15, -0.1) is 0 Å². The maximum Gasteiger partial charge on any atom is 0.216 e. The van der Waals surface area contributed by atoms with E-state index in [4.69, 9.17) is 4.74 Å². The number of rotatable bonds is 4. The van der Waals surface area contributed by atoms with Crippen LogP contribution in [0.25, 0.3) is 0 Å². The summed E-state index contributed by atoms with van der Waals surface area (Å²) in [6.07, 6.45) is 0.801. The van der Waals surface area contributed by atoms with Gasteiger partial charge in [0.25, 0.3) is 0 Å². The van der Waals surface area contributed by atoms with Crippen LogP contribution in [0.1, 0.15) is 29.2 Å². The van der Waals surface area contributed by atoms with Crippen molar-refractivity contribution in [3.63, 3.8) is 0 Å². The highest BCUT2D eigenvalue weighted by Gasteiger charge is 2.11. The van der Waals surface area contributed by atoms with Gasteiger partial charge in [0.05, 0.1) is 7.11 Å². The third kappa shape index (κ3) is 3.22. The number of aryl methyl sites for hydroxylation is 2. The molecule has 0 aromatic heterocycles. The van der Waals surface area contributed by atoms with Gasteiger partial charge in [-0.2, -0.15) is 0 Å². The Balaban J connectivity index is 2.97. The van der Waals surface area contributed by atoms with E-state index in [0.717, 1.165) is 12.2 Å². The SMILES string of the molecule is COc1c(C)c(C)cc(C)c1CCNC(C)=O. The molecule has 3 heteroatoms. The van der Waals surface area contributed by atoms with Gasteiger partial charge in [0.1, 0.15) is 5.75 Å². The van der Waals surface area contributed by atoms with Gasteiger partial charge < -0.3 is 10.1 Å². The molecule has 1 amide bonds. The number of hydrogen-bond donors (Lipinski definition) is 1. The molecule has 3 nitrogen and oxygen atoms in total. The standard InChI is InChI=1S/C14H21NO2/c1-9-8-10(2)13(6-7-15-12(4)16)14(17-5)11(9)3/h8H,6-7H2,1-5H3,(H,15,16).